The molecule has 3 fully saturated rings. The Bertz CT molecular complexity index is 650. The van der Waals surface area contributed by atoms with E-state index in [1.165, 1.54) is 25.9 Å². The summed E-state index contributed by atoms with van der Waals surface area (Å²) >= 11 is 0. The average Bonchev–Trinajstić information content (AvgIpc) is 3.17. The van der Waals surface area contributed by atoms with Gasteiger partial charge in [-0.05, 0) is 69.8 Å². The van der Waals surface area contributed by atoms with Gasteiger partial charge in [-0.15, -0.1) is 0 Å². The van der Waals surface area contributed by atoms with E-state index in [0.29, 0.717) is 11.6 Å². The molecule has 1 aromatic carbocycles. The first kappa shape index (κ1) is 16.6. The Morgan fingerprint density at radius 1 is 1.04 bits per heavy atom. The number of rotatable bonds is 5. The second-order valence-electron chi connectivity index (χ2n) is 7.65. The molecule has 2 amide bonds. The van der Waals surface area contributed by atoms with Crippen molar-refractivity contribution in [3.8, 4) is 0 Å². The van der Waals surface area contributed by atoms with Gasteiger partial charge in [0.05, 0.1) is 0 Å². The molecule has 5 heteroatoms. The second-order valence-corrected chi connectivity index (χ2v) is 7.65. The fourth-order valence-corrected chi connectivity index (χ4v) is 4.04. The second kappa shape index (κ2) is 7.16. The van der Waals surface area contributed by atoms with Gasteiger partial charge in [0.25, 0.3) is 5.91 Å². The maximum atomic E-state index is 13.0. The molecule has 1 saturated carbocycles. The molecule has 1 unspecified atom stereocenters. The largest absolute Gasteiger partial charge is 0.334 e. The number of hydrogen-bond acceptors (Lipinski definition) is 3. The first-order chi connectivity index (χ1) is 12.2. The van der Waals surface area contributed by atoms with Crippen molar-refractivity contribution >= 4 is 17.5 Å². The van der Waals surface area contributed by atoms with Gasteiger partial charge in [-0.2, -0.15) is 0 Å². The van der Waals surface area contributed by atoms with Crippen LogP contribution in [0, 0.1) is 5.92 Å². The predicted octanol–water partition coefficient (Wildman–Crippen LogP) is 2.74. The summed E-state index contributed by atoms with van der Waals surface area (Å²) in [5.74, 6) is 0.352. The smallest absolute Gasteiger partial charge is 0.254 e. The first-order valence-corrected chi connectivity index (χ1v) is 9.65. The highest BCUT2D eigenvalue weighted by Crippen LogP contribution is 2.30. The van der Waals surface area contributed by atoms with Crippen molar-refractivity contribution in [3.05, 3.63) is 29.8 Å². The fraction of sp³-hybridized carbons (Fsp3) is 0.600. The molecule has 0 radical (unpaired) electrons. The molecule has 0 aromatic heterocycles. The maximum absolute atomic E-state index is 13.0. The summed E-state index contributed by atoms with van der Waals surface area (Å²) < 4.78 is 0. The molecule has 1 N–H and O–H groups in total. The lowest BCUT2D eigenvalue weighted by Crippen LogP contribution is -2.42. The third kappa shape index (κ3) is 3.87. The molecule has 1 atom stereocenters. The number of anilines is 1. The van der Waals surface area contributed by atoms with Crippen molar-refractivity contribution in [1.29, 1.82) is 0 Å². The maximum Gasteiger partial charge on any atom is 0.254 e. The molecule has 2 heterocycles. The molecule has 0 bridgehead atoms. The number of nitrogens with one attached hydrogen (secondary N) is 1. The normalized spacial score (nSPS) is 23.8. The van der Waals surface area contributed by atoms with E-state index < -0.39 is 0 Å². The minimum absolute atomic E-state index is 0.0812. The lowest BCUT2D eigenvalue weighted by Gasteiger charge is -2.28. The van der Waals surface area contributed by atoms with Crippen molar-refractivity contribution in [2.45, 2.75) is 44.6 Å². The average molecular weight is 341 g/mol. The molecule has 1 aliphatic carbocycles. The summed E-state index contributed by atoms with van der Waals surface area (Å²) in [7, 11) is 0. The van der Waals surface area contributed by atoms with Gasteiger partial charge in [0.2, 0.25) is 5.91 Å². The van der Waals surface area contributed by atoms with E-state index in [1.807, 2.05) is 29.2 Å². The Morgan fingerprint density at radius 2 is 1.84 bits per heavy atom. The molecule has 5 nitrogen and oxygen atoms in total. The Balaban J connectivity index is 1.42. The standard InChI is InChI=1S/C20H27N3O2/c24-19(15-8-9-15)21-17-6-3-5-16(13-17)20(25)23-12-4-7-18(23)14-22-10-1-2-11-22/h3,5-6,13,15,18H,1-2,4,7-12,14H2,(H,21,24). The number of carbonyl (C=O) groups is 2. The Hall–Kier alpha value is -1.88. The molecular weight excluding hydrogens is 314 g/mol. The van der Waals surface area contributed by atoms with Gasteiger partial charge in [0, 0.05) is 36.3 Å². The third-order valence-corrected chi connectivity index (χ3v) is 5.63. The summed E-state index contributed by atoms with van der Waals surface area (Å²) in [5, 5.41) is 2.94. The van der Waals surface area contributed by atoms with E-state index >= 15 is 0 Å². The van der Waals surface area contributed by atoms with E-state index in [4.69, 9.17) is 0 Å². The highest BCUT2D eigenvalue weighted by atomic mass is 16.2. The number of carbonyl (C=O) groups excluding carboxylic acids is 2. The molecule has 4 rings (SSSR count). The summed E-state index contributed by atoms with van der Waals surface area (Å²) in [6, 6.07) is 7.74. The summed E-state index contributed by atoms with van der Waals surface area (Å²) in [5.41, 5.74) is 1.42. The van der Waals surface area contributed by atoms with Crippen molar-refractivity contribution in [3.63, 3.8) is 0 Å². The van der Waals surface area contributed by atoms with Crippen LogP contribution in [0.2, 0.25) is 0 Å². The van der Waals surface area contributed by atoms with E-state index in [9.17, 15) is 9.59 Å². The number of nitrogens with zero attached hydrogens (tertiary/aromatic N) is 2. The monoisotopic (exact) mass is 341 g/mol. The first-order valence-electron chi connectivity index (χ1n) is 9.65. The third-order valence-electron chi connectivity index (χ3n) is 5.63. The van der Waals surface area contributed by atoms with Crippen LogP contribution >= 0.6 is 0 Å². The molecular formula is C20H27N3O2. The van der Waals surface area contributed by atoms with E-state index in [-0.39, 0.29) is 17.7 Å². The summed E-state index contributed by atoms with van der Waals surface area (Å²) in [6.07, 6.45) is 6.71. The highest BCUT2D eigenvalue weighted by Gasteiger charge is 2.32. The predicted molar refractivity (Wildman–Crippen MR) is 97.5 cm³/mol. The van der Waals surface area contributed by atoms with Crippen molar-refractivity contribution in [2.24, 2.45) is 5.92 Å². The zero-order chi connectivity index (χ0) is 17.2. The molecule has 2 aliphatic heterocycles. The summed E-state index contributed by atoms with van der Waals surface area (Å²) in [4.78, 5) is 29.5. The van der Waals surface area contributed by atoms with Crippen molar-refractivity contribution in [2.75, 3.05) is 31.5 Å². The number of amides is 2. The van der Waals surface area contributed by atoms with Gasteiger partial charge in [-0.3, -0.25) is 9.59 Å². The zero-order valence-corrected chi connectivity index (χ0v) is 14.7. The van der Waals surface area contributed by atoms with Gasteiger partial charge in [0.1, 0.15) is 0 Å². The minimum atomic E-state index is 0.0812. The van der Waals surface area contributed by atoms with Crippen LogP contribution in [-0.4, -0.2) is 53.8 Å². The van der Waals surface area contributed by atoms with Crippen molar-refractivity contribution < 1.29 is 9.59 Å². The fourth-order valence-electron chi connectivity index (χ4n) is 4.04. The van der Waals surface area contributed by atoms with Gasteiger partial charge in [0.15, 0.2) is 0 Å². The van der Waals surface area contributed by atoms with Crippen LogP contribution in [0.25, 0.3) is 0 Å². The Labute approximate surface area is 149 Å². The molecule has 0 spiro atoms. The molecule has 134 valence electrons. The van der Waals surface area contributed by atoms with E-state index in [1.54, 1.807) is 0 Å². The van der Waals surface area contributed by atoms with Gasteiger partial charge in [-0.1, -0.05) is 6.07 Å². The Kier molecular flexibility index (Phi) is 4.75. The van der Waals surface area contributed by atoms with Crippen LogP contribution in [0.3, 0.4) is 0 Å². The highest BCUT2D eigenvalue weighted by molar-refractivity contribution is 5.98. The van der Waals surface area contributed by atoms with Crippen LogP contribution < -0.4 is 5.32 Å². The topological polar surface area (TPSA) is 52.7 Å². The lowest BCUT2D eigenvalue weighted by atomic mass is 10.1. The van der Waals surface area contributed by atoms with Gasteiger partial charge >= 0.3 is 0 Å². The number of hydrogen-bond donors (Lipinski definition) is 1. The van der Waals surface area contributed by atoms with E-state index in [2.05, 4.69) is 10.2 Å². The SMILES string of the molecule is O=C(Nc1cccc(C(=O)N2CCCC2CN2CCCC2)c1)C1CC1. The Morgan fingerprint density at radius 3 is 2.60 bits per heavy atom. The van der Waals surface area contributed by atoms with Gasteiger partial charge < -0.3 is 15.1 Å². The molecule has 1 aromatic rings. The molecule has 2 saturated heterocycles. The van der Waals surface area contributed by atoms with Crippen LogP contribution in [0.5, 0.6) is 0 Å². The number of likely N-dealkylation sites (tertiary alicyclic amines) is 2. The quantitative estimate of drug-likeness (QED) is 0.896. The zero-order valence-electron chi connectivity index (χ0n) is 14.7. The van der Waals surface area contributed by atoms with Crippen LogP contribution in [0.15, 0.2) is 24.3 Å². The van der Waals surface area contributed by atoms with Gasteiger partial charge in [-0.25, -0.2) is 0 Å². The van der Waals surface area contributed by atoms with Crippen LogP contribution in [0.1, 0.15) is 48.9 Å². The van der Waals surface area contributed by atoms with Crippen LogP contribution in [-0.2, 0) is 4.79 Å². The molecule has 3 aliphatic rings. The summed E-state index contributed by atoms with van der Waals surface area (Å²) in [6.45, 7) is 4.18. The van der Waals surface area contributed by atoms with Crippen molar-refractivity contribution in [1.82, 2.24) is 9.80 Å². The molecule has 25 heavy (non-hydrogen) atoms. The minimum Gasteiger partial charge on any atom is -0.334 e. The van der Waals surface area contributed by atoms with Crippen LogP contribution in [0.4, 0.5) is 5.69 Å². The van der Waals surface area contributed by atoms with E-state index in [0.717, 1.165) is 44.5 Å². The lowest BCUT2D eigenvalue weighted by molar-refractivity contribution is -0.117. The number of benzene rings is 1.